The molecule has 0 spiro atoms. The van der Waals surface area contributed by atoms with Gasteiger partial charge in [0.1, 0.15) is 29.5 Å². The van der Waals surface area contributed by atoms with Gasteiger partial charge in [-0.3, -0.25) is 5.32 Å². The van der Waals surface area contributed by atoms with E-state index < -0.39 is 6.09 Å². The van der Waals surface area contributed by atoms with Crippen molar-refractivity contribution in [1.82, 2.24) is 4.98 Å². The van der Waals surface area contributed by atoms with Gasteiger partial charge in [-0.2, -0.15) is 0 Å². The number of hydrogen-bond donors (Lipinski definition) is 3. The average Bonchev–Trinajstić information content (AvgIpc) is 2.73. The van der Waals surface area contributed by atoms with Gasteiger partial charge < -0.3 is 29.8 Å². The van der Waals surface area contributed by atoms with Crippen LogP contribution >= 0.6 is 0 Å². The number of aromatic nitrogens is 1. The third-order valence-corrected chi connectivity index (χ3v) is 3.54. The predicted octanol–water partition coefficient (Wildman–Crippen LogP) is 3.01. The van der Waals surface area contributed by atoms with Gasteiger partial charge in [-0.1, -0.05) is 12.1 Å². The van der Waals surface area contributed by atoms with Gasteiger partial charge in [0.25, 0.3) is 0 Å². The molecule has 0 aliphatic rings. The Morgan fingerprint density at radius 3 is 2.37 bits per heavy atom. The molecule has 0 aliphatic carbocycles. The van der Waals surface area contributed by atoms with E-state index in [9.17, 15) is 9.90 Å². The zero-order chi connectivity index (χ0) is 21.6. The number of para-hydroxylation sites is 1. The predicted molar refractivity (Wildman–Crippen MR) is 109 cm³/mol. The minimum atomic E-state index is -0.689. The van der Waals surface area contributed by atoms with E-state index in [0.717, 1.165) is 0 Å². The van der Waals surface area contributed by atoms with Crippen LogP contribution in [-0.2, 0) is 18.9 Å². The van der Waals surface area contributed by atoms with Crippen molar-refractivity contribution in [2.24, 2.45) is 10.2 Å². The lowest BCUT2D eigenvalue weighted by molar-refractivity contribution is 0.0141. The number of nitrogens with zero attached hydrogens (tertiary/aromatic N) is 3. The first-order valence-electron chi connectivity index (χ1n) is 9.14. The molecule has 0 aliphatic heterocycles. The van der Waals surface area contributed by atoms with Crippen molar-refractivity contribution in [1.29, 1.82) is 0 Å². The highest BCUT2D eigenvalue weighted by Crippen LogP contribution is 2.29. The molecule has 2 rings (SSSR count). The highest BCUT2D eigenvalue weighted by molar-refractivity contribution is 5.84. The maximum absolute atomic E-state index is 11.8. The van der Waals surface area contributed by atoms with Gasteiger partial charge >= 0.3 is 6.09 Å². The Morgan fingerprint density at radius 1 is 1.00 bits per heavy atom. The van der Waals surface area contributed by atoms with E-state index in [2.05, 4.69) is 20.5 Å². The van der Waals surface area contributed by atoms with Crippen LogP contribution in [0.5, 0.6) is 5.75 Å². The molecule has 4 N–H and O–H groups in total. The maximum atomic E-state index is 11.8. The lowest BCUT2D eigenvalue weighted by Crippen LogP contribution is -2.18. The quantitative estimate of drug-likeness (QED) is 0.351. The largest absolute Gasteiger partial charge is 0.506 e. The second-order valence-corrected chi connectivity index (χ2v) is 5.77. The van der Waals surface area contributed by atoms with Gasteiger partial charge in [-0.25, -0.2) is 9.78 Å². The third-order valence-electron chi connectivity index (χ3n) is 3.54. The minimum absolute atomic E-state index is 0.00332. The van der Waals surface area contributed by atoms with Gasteiger partial charge in [0.05, 0.1) is 33.0 Å². The van der Waals surface area contributed by atoms with Crippen LogP contribution in [0.15, 0.2) is 46.6 Å². The summed E-state index contributed by atoms with van der Waals surface area (Å²) in [6.45, 7) is 2.18. The van der Waals surface area contributed by atoms with Gasteiger partial charge in [0.15, 0.2) is 5.82 Å². The molecule has 0 unspecified atom stereocenters. The highest BCUT2D eigenvalue weighted by Gasteiger charge is 2.07. The van der Waals surface area contributed by atoms with Crippen LogP contribution < -0.4 is 11.1 Å². The van der Waals surface area contributed by atoms with Gasteiger partial charge in [0.2, 0.25) is 0 Å². The molecule has 1 aromatic carbocycles. The Bertz CT molecular complexity index is 833. The molecule has 0 radical (unpaired) electrons. The first-order chi connectivity index (χ1) is 14.6. The fraction of sp³-hybridized carbons (Fsp3) is 0.368. The van der Waals surface area contributed by atoms with Gasteiger partial charge in [-0.05, 0) is 24.3 Å². The molecule has 1 heterocycles. The fourth-order valence-corrected chi connectivity index (χ4v) is 2.08. The molecule has 1 amide bonds. The first-order valence-corrected chi connectivity index (χ1v) is 9.14. The summed E-state index contributed by atoms with van der Waals surface area (Å²) in [4.78, 5) is 15.8. The smallest absolute Gasteiger partial charge is 0.412 e. The van der Waals surface area contributed by atoms with Crippen LogP contribution in [0.4, 0.5) is 27.8 Å². The molecule has 30 heavy (non-hydrogen) atoms. The zero-order valence-corrected chi connectivity index (χ0v) is 16.6. The fourth-order valence-electron chi connectivity index (χ4n) is 2.08. The Kier molecular flexibility index (Phi) is 10.00. The number of aromatic hydroxyl groups is 1. The highest BCUT2D eigenvalue weighted by atomic mass is 16.6. The lowest BCUT2D eigenvalue weighted by Gasteiger charge is -2.08. The van der Waals surface area contributed by atoms with E-state index in [0.29, 0.717) is 37.8 Å². The van der Waals surface area contributed by atoms with E-state index in [4.69, 9.17) is 24.7 Å². The molecule has 0 bridgehead atoms. The Balaban J connectivity index is 1.71. The minimum Gasteiger partial charge on any atom is -0.506 e. The molecule has 0 fully saturated rings. The van der Waals surface area contributed by atoms with E-state index in [1.165, 1.54) is 18.2 Å². The van der Waals surface area contributed by atoms with Crippen LogP contribution in [0, 0.1) is 0 Å². The van der Waals surface area contributed by atoms with Crippen molar-refractivity contribution >= 4 is 29.1 Å². The number of nitrogens with one attached hydrogen (secondary N) is 1. The number of hydrogen-bond acceptors (Lipinski definition) is 10. The molecular weight excluding hydrogens is 394 g/mol. The molecule has 2 aromatic rings. The second-order valence-electron chi connectivity index (χ2n) is 5.77. The second kappa shape index (κ2) is 13.0. The molecular formula is C19H25N5O6. The number of carbonyl (C=O) groups is 1. The Labute approximate surface area is 173 Å². The summed E-state index contributed by atoms with van der Waals surface area (Å²) in [6, 6.07) is 9.53. The summed E-state index contributed by atoms with van der Waals surface area (Å²) >= 11 is 0. The first kappa shape index (κ1) is 23.0. The number of phenols is 1. The SMILES string of the molecule is COCCOCCOCCOC(=O)Nc1ccc(/N=N/c2ccccc2O)c(N)n1. The normalized spacial score (nSPS) is 11.0. The Hall–Kier alpha value is -3.28. The number of methoxy groups -OCH3 is 1. The summed E-state index contributed by atoms with van der Waals surface area (Å²) in [5.74, 6) is 0.256. The van der Waals surface area contributed by atoms with Crippen LogP contribution in [0.1, 0.15) is 0 Å². The average molecular weight is 419 g/mol. The van der Waals surface area contributed by atoms with E-state index in [1.54, 1.807) is 25.3 Å². The van der Waals surface area contributed by atoms with Crippen LogP contribution in [-0.4, -0.2) is 62.9 Å². The van der Waals surface area contributed by atoms with Crippen molar-refractivity contribution < 1.29 is 28.8 Å². The summed E-state index contributed by atoms with van der Waals surface area (Å²) < 4.78 is 20.3. The van der Waals surface area contributed by atoms with Crippen LogP contribution in [0.25, 0.3) is 0 Å². The van der Waals surface area contributed by atoms with Crippen molar-refractivity contribution in [3.8, 4) is 5.75 Å². The van der Waals surface area contributed by atoms with Crippen molar-refractivity contribution in [2.45, 2.75) is 0 Å². The number of carbonyl (C=O) groups excluding carboxylic acids is 1. The number of phenolic OH excluding ortho intramolecular Hbond substituents is 1. The van der Waals surface area contributed by atoms with Gasteiger partial charge in [-0.15, -0.1) is 10.2 Å². The van der Waals surface area contributed by atoms with Crippen LogP contribution in [0.3, 0.4) is 0 Å². The van der Waals surface area contributed by atoms with E-state index >= 15 is 0 Å². The molecule has 1 aromatic heterocycles. The number of anilines is 2. The summed E-state index contributed by atoms with van der Waals surface area (Å²) in [6.07, 6.45) is -0.689. The van der Waals surface area contributed by atoms with Crippen molar-refractivity contribution in [3.05, 3.63) is 36.4 Å². The van der Waals surface area contributed by atoms with E-state index in [-0.39, 0.29) is 30.6 Å². The molecule has 0 saturated carbocycles. The standard InChI is InChI=1S/C19H25N5O6/c1-27-8-9-28-10-11-29-12-13-30-19(26)22-17-7-6-15(18(20)21-17)24-23-14-4-2-3-5-16(14)25/h2-7,25H,8-13H2,1H3,(H3,20,21,22,26)/b24-23+. The number of amides is 1. The number of rotatable bonds is 12. The number of nitrogen functional groups attached to an aromatic ring is 1. The third kappa shape index (κ3) is 8.39. The summed E-state index contributed by atoms with van der Waals surface area (Å²) in [5.41, 5.74) is 6.43. The lowest BCUT2D eigenvalue weighted by atomic mass is 10.3. The van der Waals surface area contributed by atoms with Gasteiger partial charge in [0, 0.05) is 7.11 Å². The molecule has 11 heteroatoms. The number of benzene rings is 1. The number of ether oxygens (including phenoxy) is 4. The number of nitrogens with two attached hydrogens (primary N) is 1. The van der Waals surface area contributed by atoms with Crippen molar-refractivity contribution in [2.75, 3.05) is 57.8 Å². The summed E-state index contributed by atoms with van der Waals surface area (Å²) in [7, 11) is 1.60. The molecule has 0 saturated heterocycles. The van der Waals surface area contributed by atoms with E-state index in [1.807, 2.05) is 0 Å². The summed E-state index contributed by atoms with van der Waals surface area (Å²) in [5, 5.41) is 20.0. The monoisotopic (exact) mass is 419 g/mol. The Morgan fingerprint density at radius 2 is 1.67 bits per heavy atom. The maximum Gasteiger partial charge on any atom is 0.412 e. The molecule has 162 valence electrons. The molecule has 0 atom stereocenters. The van der Waals surface area contributed by atoms with Crippen LogP contribution in [0.2, 0.25) is 0 Å². The molecule has 11 nitrogen and oxygen atoms in total. The zero-order valence-electron chi connectivity index (χ0n) is 16.6. The van der Waals surface area contributed by atoms with Crippen molar-refractivity contribution in [3.63, 3.8) is 0 Å². The number of pyridine rings is 1. The topological polar surface area (TPSA) is 150 Å². The number of azo groups is 1.